The number of benzene rings is 1. The molecule has 2 rings (SSSR count). The molecule has 128 valence electrons. The summed E-state index contributed by atoms with van der Waals surface area (Å²) >= 11 is 0. The Morgan fingerprint density at radius 2 is 2.04 bits per heavy atom. The van der Waals surface area contributed by atoms with Crippen LogP contribution in [0.25, 0.3) is 0 Å². The lowest BCUT2D eigenvalue weighted by atomic mass is 10.2. The lowest BCUT2D eigenvalue weighted by molar-refractivity contribution is -0.0512. The zero-order chi connectivity index (χ0) is 16.7. The molecule has 2 N–H and O–H groups in total. The van der Waals surface area contributed by atoms with Crippen molar-refractivity contribution in [3.8, 4) is 11.5 Å². The molecule has 0 spiro atoms. The van der Waals surface area contributed by atoms with Crippen LogP contribution in [0, 0.1) is 0 Å². The Labute approximate surface area is 135 Å². The van der Waals surface area contributed by atoms with Crippen molar-refractivity contribution in [1.29, 1.82) is 0 Å². The van der Waals surface area contributed by atoms with Gasteiger partial charge >= 0.3 is 6.61 Å². The number of aliphatic imine (C=N–C) groups is 1. The summed E-state index contributed by atoms with van der Waals surface area (Å²) in [5.41, 5.74) is 0.802. The number of nitrogens with one attached hydrogen (secondary N) is 2. The van der Waals surface area contributed by atoms with Crippen molar-refractivity contribution in [3.05, 3.63) is 23.8 Å². The molecule has 1 aliphatic rings. The summed E-state index contributed by atoms with van der Waals surface area (Å²) in [6, 6.07) is 5.41. The molecule has 0 atom stereocenters. The van der Waals surface area contributed by atoms with Crippen LogP contribution in [0.5, 0.6) is 11.5 Å². The van der Waals surface area contributed by atoms with Gasteiger partial charge in [-0.1, -0.05) is 18.9 Å². The van der Waals surface area contributed by atoms with Gasteiger partial charge in [-0.05, 0) is 30.5 Å². The fraction of sp³-hybridized carbons (Fsp3) is 0.562. The van der Waals surface area contributed by atoms with Crippen molar-refractivity contribution >= 4 is 5.96 Å². The smallest absolute Gasteiger partial charge is 0.387 e. The number of hydrogen-bond acceptors (Lipinski definition) is 3. The van der Waals surface area contributed by atoms with Crippen LogP contribution < -0.4 is 20.1 Å². The molecule has 0 amide bonds. The summed E-state index contributed by atoms with van der Waals surface area (Å²) < 4.78 is 34.4. The quantitative estimate of drug-likeness (QED) is 0.623. The van der Waals surface area contributed by atoms with Gasteiger partial charge in [0.05, 0.1) is 7.11 Å². The second-order valence-electron chi connectivity index (χ2n) is 5.42. The van der Waals surface area contributed by atoms with E-state index in [4.69, 9.17) is 4.74 Å². The second-order valence-corrected chi connectivity index (χ2v) is 5.42. The minimum absolute atomic E-state index is 0.0283. The highest BCUT2D eigenvalue weighted by molar-refractivity contribution is 5.80. The Morgan fingerprint density at radius 3 is 2.65 bits per heavy atom. The van der Waals surface area contributed by atoms with E-state index in [2.05, 4.69) is 20.4 Å². The van der Waals surface area contributed by atoms with Crippen molar-refractivity contribution < 1.29 is 18.3 Å². The first-order valence-electron chi connectivity index (χ1n) is 7.71. The molecule has 0 saturated heterocycles. The second kappa shape index (κ2) is 8.55. The third-order valence-corrected chi connectivity index (χ3v) is 3.82. The van der Waals surface area contributed by atoms with E-state index in [1.165, 1.54) is 20.0 Å². The molecule has 7 heteroatoms. The minimum atomic E-state index is -2.89. The molecule has 1 fully saturated rings. The van der Waals surface area contributed by atoms with Gasteiger partial charge in [0.1, 0.15) is 0 Å². The molecule has 0 aliphatic heterocycles. The van der Waals surface area contributed by atoms with E-state index < -0.39 is 6.61 Å². The van der Waals surface area contributed by atoms with Gasteiger partial charge in [0, 0.05) is 19.6 Å². The minimum Gasteiger partial charge on any atom is -0.493 e. The Kier molecular flexibility index (Phi) is 6.43. The molecular weight excluding hydrogens is 304 g/mol. The van der Waals surface area contributed by atoms with Gasteiger partial charge in [0.15, 0.2) is 17.5 Å². The van der Waals surface area contributed by atoms with E-state index in [-0.39, 0.29) is 11.5 Å². The Hall–Kier alpha value is -2.05. The summed E-state index contributed by atoms with van der Waals surface area (Å²) in [5.74, 6) is 1.02. The zero-order valence-electron chi connectivity index (χ0n) is 13.4. The van der Waals surface area contributed by atoms with Gasteiger partial charge < -0.3 is 20.1 Å². The highest BCUT2D eigenvalue weighted by Gasteiger charge is 2.16. The van der Waals surface area contributed by atoms with Gasteiger partial charge in [0.25, 0.3) is 0 Å². The molecule has 0 aromatic heterocycles. The van der Waals surface area contributed by atoms with Crippen molar-refractivity contribution in [2.24, 2.45) is 4.99 Å². The molecule has 0 heterocycles. The predicted octanol–water partition coefficient (Wildman–Crippen LogP) is 2.90. The van der Waals surface area contributed by atoms with Crippen LogP contribution in [-0.4, -0.2) is 32.8 Å². The predicted molar refractivity (Wildman–Crippen MR) is 85.2 cm³/mol. The van der Waals surface area contributed by atoms with E-state index in [1.54, 1.807) is 25.2 Å². The number of ether oxygens (including phenoxy) is 2. The van der Waals surface area contributed by atoms with Crippen LogP contribution in [0.15, 0.2) is 23.2 Å². The van der Waals surface area contributed by atoms with Crippen LogP contribution in [0.1, 0.15) is 31.2 Å². The molecule has 1 aromatic rings. The van der Waals surface area contributed by atoms with Gasteiger partial charge in [-0.3, -0.25) is 4.99 Å². The number of rotatable bonds is 6. The molecule has 1 saturated carbocycles. The van der Waals surface area contributed by atoms with Crippen molar-refractivity contribution in [2.45, 2.75) is 44.9 Å². The van der Waals surface area contributed by atoms with Crippen LogP contribution in [0.2, 0.25) is 0 Å². The van der Waals surface area contributed by atoms with Gasteiger partial charge in [-0.15, -0.1) is 0 Å². The van der Waals surface area contributed by atoms with E-state index in [1.807, 2.05) is 0 Å². The third kappa shape index (κ3) is 5.26. The maximum absolute atomic E-state index is 12.4. The van der Waals surface area contributed by atoms with E-state index in [0.29, 0.717) is 18.5 Å². The highest BCUT2D eigenvalue weighted by Crippen LogP contribution is 2.29. The fourth-order valence-electron chi connectivity index (χ4n) is 2.66. The Bertz CT molecular complexity index is 532. The first kappa shape index (κ1) is 17.3. The monoisotopic (exact) mass is 327 g/mol. The Morgan fingerprint density at radius 1 is 1.30 bits per heavy atom. The fourth-order valence-corrected chi connectivity index (χ4v) is 2.66. The summed E-state index contributed by atoms with van der Waals surface area (Å²) in [6.07, 6.45) is 4.77. The number of guanidine groups is 1. The lowest BCUT2D eigenvalue weighted by Gasteiger charge is -2.17. The molecule has 23 heavy (non-hydrogen) atoms. The molecule has 1 aromatic carbocycles. The van der Waals surface area contributed by atoms with E-state index >= 15 is 0 Å². The molecule has 0 unspecified atom stereocenters. The average molecular weight is 327 g/mol. The number of nitrogens with zero attached hydrogens (tertiary/aromatic N) is 1. The SMILES string of the molecule is CN=C(NCc1ccc(OC)c(OC(F)F)c1)NC1CCCC1. The van der Waals surface area contributed by atoms with Crippen LogP contribution in [0.3, 0.4) is 0 Å². The maximum Gasteiger partial charge on any atom is 0.387 e. The summed E-state index contributed by atoms with van der Waals surface area (Å²) in [5, 5.41) is 6.55. The van der Waals surface area contributed by atoms with Crippen LogP contribution in [-0.2, 0) is 6.54 Å². The molecular formula is C16H23F2N3O2. The van der Waals surface area contributed by atoms with Crippen molar-refractivity contribution in [3.63, 3.8) is 0 Å². The number of methoxy groups -OCH3 is 1. The number of alkyl halides is 2. The van der Waals surface area contributed by atoms with Crippen molar-refractivity contribution in [2.75, 3.05) is 14.2 Å². The summed E-state index contributed by atoms with van der Waals surface area (Å²) in [7, 11) is 3.13. The first-order valence-corrected chi connectivity index (χ1v) is 7.71. The van der Waals surface area contributed by atoms with E-state index in [9.17, 15) is 8.78 Å². The average Bonchev–Trinajstić information content (AvgIpc) is 3.04. The largest absolute Gasteiger partial charge is 0.493 e. The summed E-state index contributed by atoms with van der Waals surface area (Å²) in [6.45, 7) is -2.43. The van der Waals surface area contributed by atoms with E-state index in [0.717, 1.165) is 18.4 Å². The zero-order valence-corrected chi connectivity index (χ0v) is 13.4. The molecule has 0 bridgehead atoms. The normalized spacial score (nSPS) is 15.8. The number of halogens is 2. The summed E-state index contributed by atoms with van der Waals surface area (Å²) in [4.78, 5) is 4.19. The first-order chi connectivity index (χ1) is 11.1. The van der Waals surface area contributed by atoms with Crippen molar-refractivity contribution in [1.82, 2.24) is 10.6 Å². The maximum atomic E-state index is 12.4. The molecule has 1 aliphatic carbocycles. The molecule has 0 radical (unpaired) electrons. The van der Waals surface area contributed by atoms with Gasteiger partial charge in [-0.25, -0.2) is 0 Å². The van der Waals surface area contributed by atoms with Gasteiger partial charge in [-0.2, -0.15) is 8.78 Å². The lowest BCUT2D eigenvalue weighted by Crippen LogP contribution is -2.41. The van der Waals surface area contributed by atoms with Crippen LogP contribution in [0.4, 0.5) is 8.78 Å². The topological polar surface area (TPSA) is 54.9 Å². The van der Waals surface area contributed by atoms with Gasteiger partial charge in [0.2, 0.25) is 0 Å². The standard InChI is InChI=1S/C16H23F2N3O2/c1-19-16(21-12-5-3-4-6-12)20-10-11-7-8-13(22-2)14(9-11)23-15(17)18/h7-9,12,15H,3-6,10H2,1-2H3,(H2,19,20,21). The molecule has 5 nitrogen and oxygen atoms in total. The number of hydrogen-bond donors (Lipinski definition) is 2. The Balaban J connectivity index is 1.95. The highest BCUT2D eigenvalue weighted by atomic mass is 19.3. The van der Waals surface area contributed by atoms with Crippen LogP contribution >= 0.6 is 0 Å². The third-order valence-electron chi connectivity index (χ3n) is 3.82.